The summed E-state index contributed by atoms with van der Waals surface area (Å²) in [6, 6.07) is 3.99. The molecule has 1 aromatic heterocycles. The molecule has 24 heavy (non-hydrogen) atoms. The number of hydrogen-bond donors (Lipinski definition) is 1. The minimum Gasteiger partial charge on any atom is -0.494 e. The summed E-state index contributed by atoms with van der Waals surface area (Å²) in [5.41, 5.74) is 1.18. The lowest BCUT2D eigenvalue weighted by atomic mass is 10.0. The summed E-state index contributed by atoms with van der Waals surface area (Å²) in [4.78, 5) is 12.4. The Bertz CT molecular complexity index is 732. The Kier molecular flexibility index (Phi) is 4.80. The number of amides is 1. The summed E-state index contributed by atoms with van der Waals surface area (Å²) < 4.78 is 26.2. The van der Waals surface area contributed by atoms with Crippen LogP contribution in [0.4, 0.5) is 4.39 Å². The SMILES string of the molecule is CCn1cc([C@H]2OCC[C@@H]2NC(=O)c2ccc(OC)c(F)c2)cn1. The minimum atomic E-state index is -0.561. The molecule has 0 unspecified atom stereocenters. The highest BCUT2D eigenvalue weighted by molar-refractivity contribution is 5.94. The monoisotopic (exact) mass is 333 g/mol. The molecule has 1 N–H and O–H groups in total. The van der Waals surface area contributed by atoms with Gasteiger partial charge in [0, 0.05) is 30.5 Å². The van der Waals surface area contributed by atoms with Gasteiger partial charge in [0.15, 0.2) is 11.6 Å². The summed E-state index contributed by atoms with van der Waals surface area (Å²) >= 11 is 0. The molecule has 0 radical (unpaired) electrons. The van der Waals surface area contributed by atoms with E-state index in [-0.39, 0.29) is 29.4 Å². The summed E-state index contributed by atoms with van der Waals surface area (Å²) in [5.74, 6) is -0.783. The fourth-order valence-corrected chi connectivity index (χ4v) is 2.82. The quantitative estimate of drug-likeness (QED) is 0.912. The summed E-state index contributed by atoms with van der Waals surface area (Å²) in [6.45, 7) is 3.34. The Morgan fingerprint density at radius 1 is 1.54 bits per heavy atom. The van der Waals surface area contributed by atoms with Gasteiger partial charge in [-0.1, -0.05) is 0 Å². The van der Waals surface area contributed by atoms with Crippen molar-refractivity contribution >= 4 is 5.91 Å². The van der Waals surface area contributed by atoms with Gasteiger partial charge in [-0.15, -0.1) is 0 Å². The van der Waals surface area contributed by atoms with Gasteiger partial charge >= 0.3 is 0 Å². The van der Waals surface area contributed by atoms with E-state index in [1.807, 2.05) is 17.8 Å². The molecule has 1 fully saturated rings. The zero-order valence-corrected chi connectivity index (χ0v) is 13.7. The first-order chi connectivity index (χ1) is 11.6. The predicted molar refractivity (Wildman–Crippen MR) is 85.4 cm³/mol. The van der Waals surface area contributed by atoms with Crippen LogP contribution in [0.1, 0.15) is 35.4 Å². The minimum absolute atomic E-state index is 0.112. The van der Waals surface area contributed by atoms with Crippen molar-refractivity contribution in [2.75, 3.05) is 13.7 Å². The van der Waals surface area contributed by atoms with Crippen LogP contribution >= 0.6 is 0 Å². The Labute approximate surface area is 139 Å². The Balaban J connectivity index is 1.72. The van der Waals surface area contributed by atoms with Gasteiger partial charge in [-0.05, 0) is 31.5 Å². The van der Waals surface area contributed by atoms with Crippen LogP contribution in [0.5, 0.6) is 5.75 Å². The molecule has 1 saturated heterocycles. The van der Waals surface area contributed by atoms with Crippen LogP contribution in [0.15, 0.2) is 30.6 Å². The summed E-state index contributed by atoms with van der Waals surface area (Å²) in [7, 11) is 1.38. The van der Waals surface area contributed by atoms with Gasteiger partial charge in [0.25, 0.3) is 5.91 Å². The fourth-order valence-electron chi connectivity index (χ4n) is 2.82. The smallest absolute Gasteiger partial charge is 0.251 e. The molecular weight excluding hydrogens is 313 g/mol. The maximum Gasteiger partial charge on any atom is 0.251 e. The van der Waals surface area contributed by atoms with Gasteiger partial charge in [-0.2, -0.15) is 5.10 Å². The predicted octanol–water partition coefficient (Wildman–Crippen LogP) is 2.31. The zero-order chi connectivity index (χ0) is 17.1. The standard InChI is InChI=1S/C17H20FN3O3/c1-3-21-10-12(9-19-21)16-14(6-7-24-16)20-17(22)11-4-5-15(23-2)13(18)8-11/h4-5,8-10,14,16H,3,6-7H2,1-2H3,(H,20,22)/t14-,16+/m0/s1. The van der Waals surface area contributed by atoms with Crippen molar-refractivity contribution < 1.29 is 18.7 Å². The van der Waals surface area contributed by atoms with Crippen LogP contribution in [0.3, 0.4) is 0 Å². The number of rotatable bonds is 5. The first kappa shape index (κ1) is 16.4. The van der Waals surface area contributed by atoms with Gasteiger partial charge < -0.3 is 14.8 Å². The molecule has 2 atom stereocenters. The molecule has 0 aliphatic carbocycles. The molecule has 0 spiro atoms. The average molecular weight is 333 g/mol. The topological polar surface area (TPSA) is 65.4 Å². The molecule has 2 heterocycles. The van der Waals surface area contributed by atoms with E-state index in [1.165, 1.54) is 25.3 Å². The summed E-state index contributed by atoms with van der Waals surface area (Å²) in [6.07, 6.45) is 4.14. The van der Waals surface area contributed by atoms with E-state index < -0.39 is 5.82 Å². The number of halogens is 1. The third-order valence-corrected chi connectivity index (χ3v) is 4.13. The summed E-state index contributed by atoms with van der Waals surface area (Å²) in [5, 5.41) is 7.17. The second-order valence-corrected chi connectivity index (χ2v) is 5.64. The first-order valence-corrected chi connectivity index (χ1v) is 7.90. The van der Waals surface area contributed by atoms with Gasteiger partial charge in [0.2, 0.25) is 0 Å². The lowest BCUT2D eigenvalue weighted by molar-refractivity contribution is 0.0821. The second-order valence-electron chi connectivity index (χ2n) is 5.64. The number of hydrogen-bond acceptors (Lipinski definition) is 4. The Morgan fingerprint density at radius 3 is 3.04 bits per heavy atom. The van der Waals surface area contributed by atoms with Crippen LogP contribution in [0, 0.1) is 5.82 Å². The van der Waals surface area contributed by atoms with Crippen molar-refractivity contribution in [3.05, 3.63) is 47.5 Å². The van der Waals surface area contributed by atoms with Crippen LogP contribution in [-0.2, 0) is 11.3 Å². The molecule has 0 bridgehead atoms. The third kappa shape index (κ3) is 3.26. The number of ether oxygens (including phenoxy) is 2. The molecule has 0 saturated carbocycles. The first-order valence-electron chi connectivity index (χ1n) is 7.90. The van der Waals surface area contributed by atoms with Crippen molar-refractivity contribution in [3.8, 4) is 5.75 Å². The third-order valence-electron chi connectivity index (χ3n) is 4.13. The molecular formula is C17H20FN3O3. The molecule has 6 nitrogen and oxygen atoms in total. The van der Waals surface area contributed by atoms with Crippen LogP contribution in [0.2, 0.25) is 0 Å². The van der Waals surface area contributed by atoms with E-state index in [2.05, 4.69) is 10.4 Å². The maximum atomic E-state index is 13.8. The highest BCUT2D eigenvalue weighted by atomic mass is 19.1. The van der Waals surface area contributed by atoms with E-state index in [9.17, 15) is 9.18 Å². The van der Waals surface area contributed by atoms with Gasteiger partial charge in [0.05, 0.1) is 19.3 Å². The number of aromatic nitrogens is 2. The zero-order valence-electron chi connectivity index (χ0n) is 13.7. The lowest BCUT2D eigenvalue weighted by Crippen LogP contribution is -2.36. The van der Waals surface area contributed by atoms with Gasteiger partial charge in [-0.3, -0.25) is 9.48 Å². The van der Waals surface area contributed by atoms with Crippen molar-refractivity contribution in [1.29, 1.82) is 0 Å². The van der Waals surface area contributed by atoms with Crippen LogP contribution in [-0.4, -0.2) is 35.4 Å². The molecule has 128 valence electrons. The highest BCUT2D eigenvalue weighted by Crippen LogP contribution is 2.29. The molecule has 1 aliphatic rings. The number of aryl methyl sites for hydroxylation is 1. The molecule has 1 aliphatic heterocycles. The van der Waals surface area contributed by atoms with E-state index in [0.29, 0.717) is 13.0 Å². The van der Waals surface area contributed by atoms with Crippen molar-refractivity contribution in [3.63, 3.8) is 0 Å². The van der Waals surface area contributed by atoms with E-state index in [1.54, 1.807) is 6.20 Å². The van der Waals surface area contributed by atoms with E-state index >= 15 is 0 Å². The Hall–Kier alpha value is -2.41. The Morgan fingerprint density at radius 2 is 2.38 bits per heavy atom. The second kappa shape index (κ2) is 7.00. The van der Waals surface area contributed by atoms with Crippen LogP contribution < -0.4 is 10.1 Å². The largest absolute Gasteiger partial charge is 0.494 e. The number of carbonyl (C=O) groups excluding carboxylic acids is 1. The molecule has 7 heteroatoms. The molecule has 1 aromatic carbocycles. The van der Waals surface area contributed by atoms with Crippen molar-refractivity contribution in [1.82, 2.24) is 15.1 Å². The van der Waals surface area contributed by atoms with Gasteiger partial charge in [-0.25, -0.2) is 4.39 Å². The van der Waals surface area contributed by atoms with Crippen molar-refractivity contribution in [2.45, 2.75) is 32.0 Å². The molecule has 2 aromatic rings. The number of methoxy groups -OCH3 is 1. The van der Waals surface area contributed by atoms with E-state index in [0.717, 1.165) is 12.1 Å². The average Bonchev–Trinajstić information content (AvgIpc) is 3.23. The van der Waals surface area contributed by atoms with Gasteiger partial charge in [0.1, 0.15) is 6.10 Å². The fraction of sp³-hybridized carbons (Fsp3) is 0.412. The number of carbonyl (C=O) groups is 1. The number of benzene rings is 1. The molecule has 1 amide bonds. The van der Waals surface area contributed by atoms with Crippen molar-refractivity contribution in [2.24, 2.45) is 0 Å². The number of nitrogens with zero attached hydrogens (tertiary/aromatic N) is 2. The van der Waals surface area contributed by atoms with Crippen LogP contribution in [0.25, 0.3) is 0 Å². The molecule has 3 rings (SSSR count). The normalized spacial score (nSPS) is 20.1. The van der Waals surface area contributed by atoms with E-state index in [4.69, 9.17) is 9.47 Å². The lowest BCUT2D eigenvalue weighted by Gasteiger charge is -2.19. The highest BCUT2D eigenvalue weighted by Gasteiger charge is 2.32. The maximum absolute atomic E-state index is 13.8. The number of nitrogens with one attached hydrogen (secondary N) is 1.